The minimum Gasteiger partial charge on any atom is -0.476 e. The van der Waals surface area contributed by atoms with Gasteiger partial charge in [-0.1, -0.05) is 57.2 Å². The largest absolute Gasteiger partial charge is 0.476 e. The number of nitrogens with zero attached hydrogens (tertiary/aromatic N) is 1. The van der Waals surface area contributed by atoms with Crippen molar-refractivity contribution in [1.82, 2.24) is 15.8 Å². The van der Waals surface area contributed by atoms with Crippen molar-refractivity contribution in [1.29, 1.82) is 0 Å². The Hall–Kier alpha value is -2.94. The van der Waals surface area contributed by atoms with E-state index < -0.39 is 17.9 Å². The van der Waals surface area contributed by atoms with Gasteiger partial charge in [0.2, 0.25) is 5.91 Å². The molecule has 8 nitrogen and oxygen atoms in total. The Labute approximate surface area is 221 Å². The number of carbonyl (C=O) groups is 2. The Morgan fingerprint density at radius 2 is 1.57 bits per heavy atom. The minimum absolute atomic E-state index is 0.0590. The Kier molecular flexibility index (Phi) is 11.1. The van der Waals surface area contributed by atoms with E-state index in [4.69, 9.17) is 9.47 Å². The van der Waals surface area contributed by atoms with Gasteiger partial charge in [-0.3, -0.25) is 15.5 Å². The van der Waals surface area contributed by atoms with Crippen LogP contribution in [-0.2, 0) is 32.7 Å². The maximum absolute atomic E-state index is 12.6. The molecule has 0 saturated heterocycles. The van der Waals surface area contributed by atoms with Gasteiger partial charge in [0.05, 0.1) is 6.61 Å². The Morgan fingerprint density at radius 3 is 2.11 bits per heavy atom. The Balaban J connectivity index is 1.87. The fraction of sp³-hybridized carbons (Fsp3) is 0.517. The zero-order valence-corrected chi connectivity index (χ0v) is 23.3. The number of hydrogen-bond donors (Lipinski definition) is 3. The summed E-state index contributed by atoms with van der Waals surface area (Å²) in [4.78, 5) is 24.6. The average molecular weight is 514 g/mol. The van der Waals surface area contributed by atoms with Crippen molar-refractivity contribution in [3.05, 3.63) is 65.2 Å². The van der Waals surface area contributed by atoms with Gasteiger partial charge in [-0.15, -0.1) is 0 Å². The van der Waals surface area contributed by atoms with E-state index in [-0.39, 0.29) is 11.3 Å². The number of rotatable bonds is 13. The molecular formula is C29H43N3O5. The van der Waals surface area contributed by atoms with E-state index in [1.165, 1.54) is 10.6 Å². The van der Waals surface area contributed by atoms with E-state index in [0.717, 1.165) is 11.1 Å². The van der Waals surface area contributed by atoms with Crippen LogP contribution in [0.25, 0.3) is 0 Å². The molecule has 2 aromatic carbocycles. The summed E-state index contributed by atoms with van der Waals surface area (Å²) in [7, 11) is 1.63. The van der Waals surface area contributed by atoms with Crippen LogP contribution in [0.1, 0.15) is 71.1 Å². The summed E-state index contributed by atoms with van der Waals surface area (Å²) < 4.78 is 10.8. The highest BCUT2D eigenvalue weighted by Gasteiger charge is 2.31. The quantitative estimate of drug-likeness (QED) is 0.211. The van der Waals surface area contributed by atoms with Crippen LogP contribution < -0.4 is 15.5 Å². The summed E-state index contributed by atoms with van der Waals surface area (Å²) >= 11 is 0. The number of carbonyl (C=O) groups excluding carboxylic acids is 2. The van der Waals surface area contributed by atoms with Gasteiger partial charge < -0.3 is 14.6 Å². The van der Waals surface area contributed by atoms with Crippen molar-refractivity contribution in [3.63, 3.8) is 0 Å². The smallest absolute Gasteiger partial charge is 0.349 e. The molecule has 2 rings (SSSR count). The third-order valence-corrected chi connectivity index (χ3v) is 5.93. The van der Waals surface area contributed by atoms with Crippen LogP contribution in [0.4, 0.5) is 0 Å². The third kappa shape index (κ3) is 9.80. The fourth-order valence-corrected chi connectivity index (χ4v) is 3.68. The van der Waals surface area contributed by atoms with Crippen LogP contribution in [0.3, 0.4) is 0 Å². The van der Waals surface area contributed by atoms with Gasteiger partial charge in [0.1, 0.15) is 5.75 Å². The summed E-state index contributed by atoms with van der Waals surface area (Å²) in [6.45, 7) is 12.3. The SMILES string of the molecule is CCOC(=O)C(C)(C)Oc1ccc(CCCC(=O)NN(Cc2ccc(C(C)(C)C)cc2)C(O)NC)cc1. The first-order valence-electron chi connectivity index (χ1n) is 12.8. The van der Waals surface area contributed by atoms with Crippen molar-refractivity contribution < 1.29 is 24.2 Å². The molecule has 0 spiro atoms. The van der Waals surface area contributed by atoms with Crippen LogP contribution in [0, 0.1) is 0 Å². The van der Waals surface area contributed by atoms with Gasteiger partial charge in [0.25, 0.3) is 0 Å². The van der Waals surface area contributed by atoms with Crippen molar-refractivity contribution in [2.75, 3.05) is 13.7 Å². The molecule has 8 heteroatoms. The lowest BCUT2D eigenvalue weighted by molar-refractivity contribution is -0.158. The van der Waals surface area contributed by atoms with Gasteiger partial charge >= 0.3 is 5.97 Å². The standard InChI is InChI=1S/C29H43N3O5/c1-8-36-26(34)29(5,6)37-24-18-14-21(15-19-24)10-9-11-25(33)31-32(27(35)30-7)20-22-12-16-23(17-13-22)28(2,3)4/h12-19,27,30,35H,8-11,20H2,1-7H3,(H,31,33). The summed E-state index contributed by atoms with van der Waals surface area (Å²) in [6.07, 6.45) is 0.643. The molecule has 0 aliphatic rings. The molecule has 2 aromatic rings. The highest BCUT2D eigenvalue weighted by atomic mass is 16.6. The molecule has 0 fully saturated rings. The maximum Gasteiger partial charge on any atom is 0.349 e. The monoisotopic (exact) mass is 513 g/mol. The number of aryl methyl sites for hydroxylation is 1. The average Bonchev–Trinajstić information content (AvgIpc) is 2.84. The molecule has 37 heavy (non-hydrogen) atoms. The number of amides is 1. The van der Waals surface area contributed by atoms with E-state index in [1.54, 1.807) is 27.8 Å². The van der Waals surface area contributed by atoms with Crippen LogP contribution >= 0.6 is 0 Å². The van der Waals surface area contributed by atoms with Gasteiger partial charge in [0.15, 0.2) is 12.0 Å². The Bertz CT molecular complexity index is 998. The van der Waals surface area contributed by atoms with Crippen molar-refractivity contribution >= 4 is 11.9 Å². The van der Waals surface area contributed by atoms with Crippen molar-refractivity contribution in [3.8, 4) is 5.75 Å². The fourth-order valence-electron chi connectivity index (χ4n) is 3.68. The number of nitrogens with one attached hydrogen (secondary N) is 2. The van der Waals surface area contributed by atoms with Crippen LogP contribution in [0.5, 0.6) is 5.75 Å². The van der Waals surface area contributed by atoms with E-state index in [2.05, 4.69) is 43.6 Å². The number of esters is 1. The molecule has 0 heterocycles. The first-order valence-corrected chi connectivity index (χ1v) is 12.8. The molecule has 1 atom stereocenters. The molecule has 0 bridgehead atoms. The lowest BCUT2D eigenvalue weighted by atomic mass is 9.87. The maximum atomic E-state index is 12.6. The van der Waals surface area contributed by atoms with Crippen LogP contribution in [-0.4, -0.2) is 47.6 Å². The summed E-state index contributed by atoms with van der Waals surface area (Å²) in [5.74, 6) is -0.00651. The van der Waals surface area contributed by atoms with E-state index >= 15 is 0 Å². The van der Waals surface area contributed by atoms with Gasteiger partial charge in [-0.25, -0.2) is 4.79 Å². The second kappa shape index (κ2) is 13.6. The predicted molar refractivity (Wildman–Crippen MR) is 145 cm³/mol. The number of hydrazine groups is 1. The summed E-state index contributed by atoms with van der Waals surface area (Å²) in [6, 6.07) is 15.7. The first-order chi connectivity index (χ1) is 17.4. The third-order valence-electron chi connectivity index (χ3n) is 5.93. The first kappa shape index (κ1) is 30.3. The highest BCUT2D eigenvalue weighted by Crippen LogP contribution is 2.23. The Morgan fingerprint density at radius 1 is 0.973 bits per heavy atom. The summed E-state index contributed by atoms with van der Waals surface area (Å²) in [5.41, 5.74) is 5.07. The van der Waals surface area contributed by atoms with Crippen molar-refractivity contribution in [2.45, 2.75) is 84.7 Å². The second-order valence-corrected chi connectivity index (χ2v) is 10.6. The van der Waals surface area contributed by atoms with E-state index in [1.807, 2.05) is 36.4 Å². The number of benzene rings is 2. The molecule has 0 aliphatic carbocycles. The lowest BCUT2D eigenvalue weighted by Gasteiger charge is -2.28. The zero-order chi connectivity index (χ0) is 27.6. The van der Waals surface area contributed by atoms with Gasteiger partial charge in [0, 0.05) is 13.0 Å². The number of aliphatic hydroxyl groups is 1. The normalized spacial score (nSPS) is 12.8. The number of hydrogen-bond acceptors (Lipinski definition) is 7. The van der Waals surface area contributed by atoms with Crippen LogP contribution in [0.2, 0.25) is 0 Å². The molecule has 204 valence electrons. The molecule has 0 saturated carbocycles. The summed E-state index contributed by atoms with van der Waals surface area (Å²) in [5, 5.41) is 14.6. The lowest BCUT2D eigenvalue weighted by Crippen LogP contribution is -2.53. The second-order valence-electron chi connectivity index (χ2n) is 10.6. The molecule has 0 aromatic heterocycles. The van der Waals surface area contributed by atoms with Gasteiger partial charge in [-0.05, 0) is 74.9 Å². The minimum atomic E-state index is -1.08. The van der Waals surface area contributed by atoms with Crippen molar-refractivity contribution in [2.24, 2.45) is 0 Å². The zero-order valence-electron chi connectivity index (χ0n) is 23.3. The van der Waals surface area contributed by atoms with Crippen LogP contribution in [0.15, 0.2) is 48.5 Å². The molecule has 1 unspecified atom stereocenters. The topological polar surface area (TPSA) is 100 Å². The predicted octanol–water partition coefficient (Wildman–Crippen LogP) is 4.06. The number of ether oxygens (including phenoxy) is 2. The highest BCUT2D eigenvalue weighted by molar-refractivity contribution is 5.79. The molecule has 1 amide bonds. The van der Waals surface area contributed by atoms with E-state index in [0.29, 0.717) is 38.2 Å². The molecular weight excluding hydrogens is 470 g/mol. The molecule has 3 N–H and O–H groups in total. The molecule has 0 aliphatic heterocycles. The van der Waals surface area contributed by atoms with E-state index in [9.17, 15) is 14.7 Å². The molecule has 0 radical (unpaired) electrons. The number of aliphatic hydroxyl groups excluding tert-OH is 1. The van der Waals surface area contributed by atoms with Gasteiger partial charge in [-0.2, -0.15) is 5.01 Å².